The summed E-state index contributed by atoms with van der Waals surface area (Å²) in [7, 11) is 0. The van der Waals surface area contributed by atoms with Crippen LogP contribution in [0.25, 0.3) is 22.6 Å². The largest absolute Gasteiger partial charge is 0.480 e. The number of aromatic nitrogens is 4. The average molecular weight is 506 g/mol. The lowest BCUT2D eigenvalue weighted by Gasteiger charge is -2.22. The lowest BCUT2D eigenvalue weighted by atomic mass is 9.95. The standard InChI is InChI=1S/C27H28ClN5O3/c1-17-14-22(31-33(17)21-11-6-8-19(28)15-21)25-18(2)29-26-23(12-7-13-32(26)27(25)35)36-16-24(34)30-20-9-4-3-5-10-20/h6-8,11-15,20H,3-5,9-10,16H2,1-2H3,(H,30,34). The molecule has 3 heterocycles. The van der Waals surface area contributed by atoms with Crippen LogP contribution in [0.2, 0.25) is 5.02 Å². The Bertz CT molecular complexity index is 1490. The Labute approximate surface area is 213 Å². The van der Waals surface area contributed by atoms with Gasteiger partial charge in [-0.1, -0.05) is 36.9 Å². The molecule has 1 aliphatic carbocycles. The normalized spacial score (nSPS) is 14.2. The first-order chi connectivity index (χ1) is 17.4. The number of carbonyl (C=O) groups excluding carboxylic acids is 1. The Morgan fingerprint density at radius 2 is 1.94 bits per heavy atom. The predicted molar refractivity (Wildman–Crippen MR) is 139 cm³/mol. The fourth-order valence-corrected chi connectivity index (χ4v) is 4.96. The number of aryl methyl sites for hydroxylation is 2. The van der Waals surface area contributed by atoms with Crippen LogP contribution >= 0.6 is 11.6 Å². The van der Waals surface area contributed by atoms with Crippen molar-refractivity contribution in [3.8, 4) is 22.7 Å². The van der Waals surface area contributed by atoms with Gasteiger partial charge in [-0.2, -0.15) is 5.10 Å². The Morgan fingerprint density at radius 3 is 2.72 bits per heavy atom. The van der Waals surface area contributed by atoms with E-state index in [1.807, 2.05) is 31.2 Å². The molecule has 1 N–H and O–H groups in total. The number of nitrogens with one attached hydrogen (secondary N) is 1. The molecule has 0 aliphatic heterocycles. The van der Waals surface area contributed by atoms with Gasteiger partial charge in [-0.05, 0) is 63.1 Å². The molecule has 0 bridgehead atoms. The molecule has 1 aliphatic rings. The van der Waals surface area contributed by atoms with Crippen molar-refractivity contribution < 1.29 is 9.53 Å². The van der Waals surface area contributed by atoms with Crippen LogP contribution in [0.5, 0.6) is 5.75 Å². The molecule has 0 spiro atoms. The molecular weight excluding hydrogens is 478 g/mol. The van der Waals surface area contributed by atoms with Crippen molar-refractivity contribution in [2.45, 2.75) is 52.0 Å². The third kappa shape index (κ3) is 4.86. The number of ether oxygens (including phenoxy) is 1. The number of fused-ring (bicyclic) bond motifs is 1. The van der Waals surface area contributed by atoms with Crippen molar-refractivity contribution in [1.29, 1.82) is 0 Å². The quantitative estimate of drug-likeness (QED) is 0.412. The summed E-state index contributed by atoms with van der Waals surface area (Å²) in [5.74, 6) is 0.213. The van der Waals surface area contributed by atoms with E-state index < -0.39 is 0 Å². The third-order valence-electron chi connectivity index (χ3n) is 6.52. The highest BCUT2D eigenvalue weighted by Crippen LogP contribution is 2.25. The first-order valence-electron chi connectivity index (χ1n) is 12.2. The van der Waals surface area contributed by atoms with Gasteiger partial charge in [0, 0.05) is 23.0 Å². The van der Waals surface area contributed by atoms with Crippen LogP contribution in [0.15, 0.2) is 53.5 Å². The van der Waals surface area contributed by atoms with Gasteiger partial charge >= 0.3 is 0 Å². The fraction of sp³-hybridized carbons (Fsp3) is 0.333. The Hall–Kier alpha value is -3.65. The number of benzene rings is 1. The zero-order valence-corrected chi connectivity index (χ0v) is 21.1. The van der Waals surface area contributed by atoms with E-state index >= 15 is 0 Å². The summed E-state index contributed by atoms with van der Waals surface area (Å²) in [5, 5.41) is 8.33. The highest BCUT2D eigenvalue weighted by molar-refractivity contribution is 6.30. The van der Waals surface area contributed by atoms with Gasteiger partial charge in [-0.25, -0.2) is 9.67 Å². The molecule has 5 rings (SSSR count). The van der Waals surface area contributed by atoms with Crippen LogP contribution in [0.1, 0.15) is 43.5 Å². The monoisotopic (exact) mass is 505 g/mol. The van der Waals surface area contributed by atoms with Gasteiger partial charge in [0.25, 0.3) is 11.5 Å². The van der Waals surface area contributed by atoms with Crippen molar-refractivity contribution >= 4 is 23.2 Å². The van der Waals surface area contributed by atoms with E-state index in [0.717, 1.165) is 37.1 Å². The first kappa shape index (κ1) is 24.1. The molecular formula is C27H28ClN5O3. The maximum atomic E-state index is 13.5. The van der Waals surface area contributed by atoms with Crippen molar-refractivity contribution in [1.82, 2.24) is 24.5 Å². The lowest BCUT2D eigenvalue weighted by Crippen LogP contribution is -2.39. The molecule has 8 nitrogen and oxygen atoms in total. The van der Waals surface area contributed by atoms with Crippen molar-refractivity contribution in [3.05, 3.63) is 75.4 Å². The minimum atomic E-state index is -0.259. The van der Waals surface area contributed by atoms with E-state index in [2.05, 4.69) is 15.4 Å². The van der Waals surface area contributed by atoms with Crippen molar-refractivity contribution in [2.24, 2.45) is 0 Å². The summed E-state index contributed by atoms with van der Waals surface area (Å²) < 4.78 is 8.99. The number of rotatable bonds is 6. The van der Waals surface area contributed by atoms with E-state index in [1.165, 1.54) is 10.8 Å². The number of carbonyl (C=O) groups is 1. The second kappa shape index (κ2) is 10.1. The molecule has 9 heteroatoms. The summed E-state index contributed by atoms with van der Waals surface area (Å²) in [4.78, 5) is 30.6. The molecule has 0 saturated heterocycles. The summed E-state index contributed by atoms with van der Waals surface area (Å²) in [6.45, 7) is 3.57. The predicted octanol–water partition coefficient (Wildman–Crippen LogP) is 4.65. The van der Waals surface area contributed by atoms with Crippen LogP contribution in [0, 0.1) is 13.8 Å². The molecule has 3 aromatic heterocycles. The highest BCUT2D eigenvalue weighted by atomic mass is 35.5. The van der Waals surface area contributed by atoms with Crippen LogP contribution in [-0.2, 0) is 4.79 Å². The minimum absolute atomic E-state index is 0.129. The Morgan fingerprint density at radius 1 is 1.14 bits per heavy atom. The second-order valence-electron chi connectivity index (χ2n) is 9.20. The van der Waals surface area contributed by atoms with E-state index in [9.17, 15) is 9.59 Å². The molecule has 1 aromatic carbocycles. The first-order valence-corrected chi connectivity index (χ1v) is 12.6. The molecule has 0 unspecified atom stereocenters. The van der Waals surface area contributed by atoms with Crippen molar-refractivity contribution in [2.75, 3.05) is 6.61 Å². The zero-order chi connectivity index (χ0) is 25.2. The smallest absolute Gasteiger partial charge is 0.267 e. The lowest BCUT2D eigenvalue weighted by molar-refractivity contribution is -0.124. The SMILES string of the molecule is Cc1nc2c(OCC(=O)NC3CCCCC3)cccn2c(=O)c1-c1cc(C)n(-c2cccc(Cl)c2)n1. The summed E-state index contributed by atoms with van der Waals surface area (Å²) >= 11 is 6.15. The van der Waals surface area contributed by atoms with Gasteiger partial charge in [-0.3, -0.25) is 14.0 Å². The molecule has 186 valence electrons. The summed E-state index contributed by atoms with van der Waals surface area (Å²) in [6, 6.07) is 12.9. The maximum absolute atomic E-state index is 13.5. The number of nitrogens with zero attached hydrogens (tertiary/aromatic N) is 4. The zero-order valence-electron chi connectivity index (χ0n) is 20.3. The molecule has 0 radical (unpaired) electrons. The van der Waals surface area contributed by atoms with Crippen LogP contribution < -0.4 is 15.6 Å². The maximum Gasteiger partial charge on any atom is 0.267 e. The number of pyridine rings is 1. The molecule has 1 saturated carbocycles. The van der Waals surface area contributed by atoms with E-state index in [1.54, 1.807) is 36.0 Å². The van der Waals surface area contributed by atoms with E-state index in [-0.39, 0.29) is 24.1 Å². The molecule has 1 amide bonds. The fourth-order valence-electron chi connectivity index (χ4n) is 4.78. The third-order valence-corrected chi connectivity index (χ3v) is 6.76. The average Bonchev–Trinajstić information content (AvgIpc) is 3.24. The second-order valence-corrected chi connectivity index (χ2v) is 9.63. The number of hydrogen-bond donors (Lipinski definition) is 1. The summed E-state index contributed by atoms with van der Waals surface area (Å²) in [5.41, 5.74) is 3.22. The van der Waals surface area contributed by atoms with Gasteiger partial charge < -0.3 is 10.1 Å². The number of hydrogen-bond acceptors (Lipinski definition) is 5. The molecule has 4 aromatic rings. The van der Waals surface area contributed by atoms with Crippen molar-refractivity contribution in [3.63, 3.8) is 0 Å². The molecule has 36 heavy (non-hydrogen) atoms. The molecule has 0 atom stereocenters. The van der Waals surface area contributed by atoms with E-state index in [0.29, 0.717) is 33.4 Å². The number of halogens is 1. The van der Waals surface area contributed by atoms with Gasteiger partial charge in [-0.15, -0.1) is 0 Å². The van der Waals surface area contributed by atoms with Crippen LogP contribution in [0.4, 0.5) is 0 Å². The van der Waals surface area contributed by atoms with Gasteiger partial charge in [0.2, 0.25) is 0 Å². The molecule has 1 fully saturated rings. The summed E-state index contributed by atoms with van der Waals surface area (Å²) in [6.07, 6.45) is 7.16. The Kier molecular flexibility index (Phi) is 6.78. The Balaban J connectivity index is 1.43. The van der Waals surface area contributed by atoms with Gasteiger partial charge in [0.05, 0.1) is 16.9 Å². The highest BCUT2D eigenvalue weighted by Gasteiger charge is 2.20. The minimum Gasteiger partial charge on any atom is -0.480 e. The van der Waals surface area contributed by atoms with Crippen LogP contribution in [-0.4, -0.2) is 37.7 Å². The van der Waals surface area contributed by atoms with Gasteiger partial charge in [0.1, 0.15) is 5.69 Å². The topological polar surface area (TPSA) is 90.5 Å². The van der Waals surface area contributed by atoms with Gasteiger partial charge in [0.15, 0.2) is 18.0 Å². The number of amides is 1. The van der Waals surface area contributed by atoms with E-state index in [4.69, 9.17) is 16.3 Å². The van der Waals surface area contributed by atoms with Crippen LogP contribution in [0.3, 0.4) is 0 Å².